The van der Waals surface area contributed by atoms with Crippen LogP contribution in [-0.4, -0.2) is 33.7 Å². The Hall–Kier alpha value is -1.92. The Morgan fingerprint density at radius 1 is 1.11 bits per heavy atom. The molecule has 0 aliphatic heterocycles. The van der Waals surface area contributed by atoms with E-state index < -0.39 is 34.9 Å². The van der Waals surface area contributed by atoms with Crippen LogP contribution < -0.4 is 11.5 Å². The maximum atomic E-state index is 12.5. The Labute approximate surface area is 166 Å². The number of nitrogens with two attached hydrogens (primary N) is 2. The lowest BCUT2D eigenvalue weighted by Crippen LogP contribution is -2.69. The van der Waals surface area contributed by atoms with Crippen LogP contribution in [0.25, 0.3) is 0 Å². The minimum Gasteiger partial charge on any atom is -0.393 e. The van der Waals surface area contributed by atoms with Gasteiger partial charge in [0.05, 0.1) is 23.0 Å². The largest absolute Gasteiger partial charge is 0.393 e. The van der Waals surface area contributed by atoms with Crippen LogP contribution in [0.1, 0.15) is 56.9 Å². The van der Waals surface area contributed by atoms with Crippen LogP contribution in [0.4, 0.5) is 0 Å². The minimum atomic E-state index is -1.57. The number of benzene rings is 1. The molecule has 0 spiro atoms. The molecule has 6 nitrogen and oxygen atoms in total. The van der Waals surface area contributed by atoms with E-state index in [9.17, 15) is 19.8 Å². The van der Waals surface area contributed by atoms with Crippen molar-refractivity contribution in [2.75, 3.05) is 0 Å². The Morgan fingerprint density at radius 2 is 1.71 bits per heavy atom. The van der Waals surface area contributed by atoms with Crippen molar-refractivity contribution in [3.63, 3.8) is 0 Å². The molecule has 154 valence electrons. The number of aryl methyl sites for hydroxylation is 1. The van der Waals surface area contributed by atoms with Crippen molar-refractivity contribution in [1.29, 1.82) is 0 Å². The number of rotatable bonds is 8. The molecule has 0 radical (unpaired) electrons. The van der Waals surface area contributed by atoms with Crippen molar-refractivity contribution < 1.29 is 19.8 Å². The van der Waals surface area contributed by atoms with Gasteiger partial charge in [-0.05, 0) is 56.4 Å². The quantitative estimate of drug-likeness (QED) is 0.540. The Kier molecular flexibility index (Phi) is 6.10. The highest BCUT2D eigenvalue weighted by Crippen LogP contribution is 2.59. The number of fused-ring (bicyclic) bond motifs is 2. The van der Waals surface area contributed by atoms with Gasteiger partial charge in [0.1, 0.15) is 0 Å². The second-order valence-corrected chi connectivity index (χ2v) is 8.62. The van der Waals surface area contributed by atoms with Crippen molar-refractivity contribution in [2.24, 2.45) is 28.7 Å². The Balaban J connectivity index is 1.81. The zero-order chi connectivity index (χ0) is 20.4. The highest BCUT2D eigenvalue weighted by molar-refractivity contribution is 5.86. The maximum absolute atomic E-state index is 12.5. The van der Waals surface area contributed by atoms with Crippen LogP contribution in [0.3, 0.4) is 0 Å². The fraction of sp³-hybridized carbons (Fsp3) is 0.636. The van der Waals surface area contributed by atoms with Gasteiger partial charge in [0.2, 0.25) is 11.8 Å². The van der Waals surface area contributed by atoms with Gasteiger partial charge in [-0.25, -0.2) is 0 Å². The van der Waals surface area contributed by atoms with E-state index in [2.05, 4.69) is 0 Å². The normalized spacial score (nSPS) is 31.7. The summed E-state index contributed by atoms with van der Waals surface area (Å²) in [4.78, 5) is 24.9. The third-order valence-electron chi connectivity index (χ3n) is 7.16. The third-order valence-corrected chi connectivity index (χ3v) is 7.16. The molecule has 3 atom stereocenters. The van der Waals surface area contributed by atoms with E-state index >= 15 is 0 Å². The summed E-state index contributed by atoms with van der Waals surface area (Å²) >= 11 is 0. The fourth-order valence-electron chi connectivity index (χ4n) is 5.74. The lowest BCUT2D eigenvalue weighted by molar-refractivity contribution is -0.213. The van der Waals surface area contributed by atoms with Crippen molar-refractivity contribution in [2.45, 2.75) is 69.5 Å². The monoisotopic (exact) mass is 388 g/mol. The highest BCUT2D eigenvalue weighted by Gasteiger charge is 2.65. The van der Waals surface area contributed by atoms with Crippen molar-refractivity contribution >= 4 is 11.8 Å². The maximum Gasteiger partial charge on any atom is 0.226 e. The molecular formula is C22H32N2O4. The molecule has 2 saturated carbocycles. The van der Waals surface area contributed by atoms with Crippen molar-refractivity contribution in [3.8, 4) is 0 Å². The Morgan fingerprint density at radius 3 is 2.25 bits per heavy atom. The first-order chi connectivity index (χ1) is 13.3. The van der Waals surface area contributed by atoms with E-state index in [1.807, 2.05) is 30.3 Å². The average Bonchev–Trinajstić information content (AvgIpc) is 2.64. The first-order valence-electron chi connectivity index (χ1n) is 10.3. The summed E-state index contributed by atoms with van der Waals surface area (Å²) in [5.74, 6) is -2.40. The smallest absolute Gasteiger partial charge is 0.226 e. The van der Waals surface area contributed by atoms with Crippen LogP contribution in [-0.2, 0) is 16.0 Å². The van der Waals surface area contributed by atoms with Crippen LogP contribution >= 0.6 is 0 Å². The molecule has 28 heavy (non-hydrogen) atoms. The lowest BCUT2D eigenvalue weighted by Gasteiger charge is -2.58. The third kappa shape index (κ3) is 3.55. The molecule has 2 aliphatic rings. The van der Waals surface area contributed by atoms with Crippen LogP contribution in [0.5, 0.6) is 0 Å². The number of aliphatic hydroxyl groups is 2. The number of hydrogen-bond acceptors (Lipinski definition) is 4. The number of hydrogen-bond donors (Lipinski definition) is 4. The molecule has 2 fully saturated rings. The average molecular weight is 389 g/mol. The number of amides is 2. The van der Waals surface area contributed by atoms with Gasteiger partial charge in [-0.15, -0.1) is 0 Å². The van der Waals surface area contributed by atoms with Gasteiger partial charge in [-0.3, -0.25) is 9.59 Å². The van der Waals surface area contributed by atoms with Crippen LogP contribution in [0, 0.1) is 17.3 Å². The first-order valence-corrected chi connectivity index (χ1v) is 10.3. The fourth-order valence-corrected chi connectivity index (χ4v) is 5.74. The van der Waals surface area contributed by atoms with E-state index in [1.54, 1.807) is 0 Å². The molecule has 0 aromatic heterocycles. The van der Waals surface area contributed by atoms with E-state index in [0.29, 0.717) is 25.7 Å². The second kappa shape index (κ2) is 8.21. The molecule has 3 rings (SSSR count). The molecule has 2 amide bonds. The summed E-state index contributed by atoms with van der Waals surface area (Å²) in [6.45, 7) is 0. The molecule has 1 aromatic rings. The number of carbonyl (C=O) groups is 2. The van der Waals surface area contributed by atoms with E-state index in [4.69, 9.17) is 11.5 Å². The van der Waals surface area contributed by atoms with Gasteiger partial charge in [0, 0.05) is 0 Å². The van der Waals surface area contributed by atoms with Crippen molar-refractivity contribution in [3.05, 3.63) is 35.9 Å². The van der Waals surface area contributed by atoms with E-state index in [1.165, 1.54) is 0 Å². The predicted molar refractivity (Wildman–Crippen MR) is 106 cm³/mol. The molecule has 0 unspecified atom stereocenters. The predicted octanol–water partition coefficient (Wildman–Crippen LogP) is 1.66. The zero-order valence-electron chi connectivity index (χ0n) is 16.3. The molecule has 2 aliphatic carbocycles. The lowest BCUT2D eigenvalue weighted by atomic mass is 9.48. The van der Waals surface area contributed by atoms with Gasteiger partial charge >= 0.3 is 0 Å². The summed E-state index contributed by atoms with van der Waals surface area (Å²) in [6, 6.07) is 9.79. The molecule has 0 saturated heterocycles. The van der Waals surface area contributed by atoms with Crippen LogP contribution in [0.15, 0.2) is 30.3 Å². The van der Waals surface area contributed by atoms with Gasteiger partial charge in [-0.1, -0.05) is 43.2 Å². The molecule has 0 heterocycles. The molecule has 6 heteroatoms. The van der Waals surface area contributed by atoms with Gasteiger partial charge in [0.25, 0.3) is 0 Å². The Bertz CT molecular complexity index is 698. The van der Waals surface area contributed by atoms with Gasteiger partial charge in [0.15, 0.2) is 0 Å². The topological polar surface area (TPSA) is 127 Å². The van der Waals surface area contributed by atoms with Gasteiger partial charge < -0.3 is 21.7 Å². The number of aliphatic hydroxyl groups excluding tert-OH is 1. The van der Waals surface area contributed by atoms with Crippen LogP contribution in [0.2, 0.25) is 0 Å². The summed E-state index contributed by atoms with van der Waals surface area (Å²) < 4.78 is 0. The second-order valence-electron chi connectivity index (χ2n) is 8.62. The summed E-state index contributed by atoms with van der Waals surface area (Å²) in [5, 5.41) is 22.4. The van der Waals surface area contributed by atoms with Crippen molar-refractivity contribution in [1.82, 2.24) is 0 Å². The number of carbonyl (C=O) groups excluding carboxylic acids is 2. The van der Waals surface area contributed by atoms with E-state index in [-0.39, 0.29) is 12.3 Å². The van der Waals surface area contributed by atoms with E-state index in [0.717, 1.165) is 31.2 Å². The van der Waals surface area contributed by atoms with Gasteiger partial charge in [-0.2, -0.15) is 0 Å². The highest BCUT2D eigenvalue weighted by atomic mass is 16.3. The number of primary amides is 2. The SMILES string of the molecule is NC(=O)[C@@H](C[C@@H](O)CCc1ccccc1)[C@]1(O)C2CCCC1(C(N)=O)CCC2. The molecular weight excluding hydrogens is 356 g/mol. The minimum absolute atomic E-state index is 0.0458. The summed E-state index contributed by atoms with van der Waals surface area (Å²) in [6.07, 6.45) is 4.41. The first kappa shape index (κ1) is 20.8. The summed E-state index contributed by atoms with van der Waals surface area (Å²) in [7, 11) is 0. The molecule has 2 bridgehead atoms. The molecule has 6 N–H and O–H groups in total. The summed E-state index contributed by atoms with van der Waals surface area (Å²) in [5.41, 5.74) is 9.87. The zero-order valence-corrected chi connectivity index (χ0v) is 16.3. The molecule has 1 aromatic carbocycles. The standard InChI is InChI=1S/C22H32N2O4/c23-19(26)18(14-17(25)11-10-15-6-2-1-3-7-15)22(28)16-8-4-12-21(22,20(24)27)13-5-9-16/h1-3,6-7,16-18,25,28H,4-5,8-14H2,(H2,23,26)(H2,24,27)/t16?,17-,18+,21?,22+/m0/s1.